The minimum atomic E-state index is -0.346. The predicted molar refractivity (Wildman–Crippen MR) is 127 cm³/mol. The number of benzene rings is 2. The molecular weight excluding hydrogens is 422 g/mol. The van der Waals surface area contributed by atoms with Gasteiger partial charge in [0.05, 0.1) is 13.2 Å². The van der Waals surface area contributed by atoms with E-state index in [1.54, 1.807) is 7.11 Å². The highest BCUT2D eigenvalue weighted by molar-refractivity contribution is 8.00. The van der Waals surface area contributed by atoms with Crippen LogP contribution in [0.2, 0.25) is 0 Å². The molecule has 3 aromatic rings. The van der Waals surface area contributed by atoms with E-state index in [0.717, 1.165) is 48.6 Å². The lowest BCUT2D eigenvalue weighted by atomic mass is 10.0. The molecule has 0 bridgehead atoms. The van der Waals surface area contributed by atoms with E-state index in [2.05, 4.69) is 29.5 Å². The zero-order valence-corrected chi connectivity index (χ0v) is 19.5. The van der Waals surface area contributed by atoms with Crippen molar-refractivity contribution in [2.24, 2.45) is 0 Å². The van der Waals surface area contributed by atoms with E-state index in [1.807, 2.05) is 64.2 Å². The van der Waals surface area contributed by atoms with Crippen molar-refractivity contribution in [3.63, 3.8) is 0 Å². The lowest BCUT2D eigenvalue weighted by molar-refractivity contribution is -0.131. The molecule has 1 amide bonds. The number of ether oxygens (including phenoxy) is 1. The maximum absolute atomic E-state index is 13.7. The van der Waals surface area contributed by atoms with Crippen molar-refractivity contribution < 1.29 is 9.53 Å². The van der Waals surface area contributed by atoms with Gasteiger partial charge in [-0.05, 0) is 30.5 Å². The number of aromatic nitrogens is 3. The standard InChI is InChI=1S/C24H29N5O2S/c1-4-15-28(16-5-2)23(30)21-20(17-11-13-19(31-3)14-12-17)27-29-22(25-26-24(29)32-21)18-9-7-6-8-10-18/h6-14,20-21,27H,4-5,15-16H2,1-3H3/t20-,21-/m0/s1. The van der Waals surface area contributed by atoms with E-state index in [0.29, 0.717) is 5.16 Å². The fourth-order valence-electron chi connectivity index (χ4n) is 3.93. The van der Waals surface area contributed by atoms with Crippen molar-refractivity contribution in [3.8, 4) is 17.1 Å². The Morgan fingerprint density at radius 1 is 1.06 bits per heavy atom. The second kappa shape index (κ2) is 10.1. The van der Waals surface area contributed by atoms with Gasteiger partial charge in [0.15, 0.2) is 5.82 Å². The second-order valence-electron chi connectivity index (χ2n) is 7.75. The highest BCUT2D eigenvalue weighted by Gasteiger charge is 2.39. The molecule has 2 heterocycles. The summed E-state index contributed by atoms with van der Waals surface area (Å²) in [6.07, 6.45) is 1.86. The molecular formula is C24H29N5O2S. The van der Waals surface area contributed by atoms with Gasteiger partial charge in [0, 0.05) is 18.7 Å². The van der Waals surface area contributed by atoms with Crippen molar-refractivity contribution in [1.29, 1.82) is 0 Å². The summed E-state index contributed by atoms with van der Waals surface area (Å²) >= 11 is 1.48. The highest BCUT2D eigenvalue weighted by atomic mass is 32.2. The third-order valence-electron chi connectivity index (χ3n) is 5.49. The molecule has 32 heavy (non-hydrogen) atoms. The van der Waals surface area contributed by atoms with Gasteiger partial charge >= 0.3 is 0 Å². The van der Waals surface area contributed by atoms with Gasteiger partial charge in [0.2, 0.25) is 11.1 Å². The Balaban J connectivity index is 1.73. The third-order valence-corrected chi connectivity index (χ3v) is 6.69. The molecule has 168 valence electrons. The first-order chi connectivity index (χ1) is 15.7. The molecule has 1 aliphatic rings. The predicted octanol–water partition coefficient (Wildman–Crippen LogP) is 4.36. The summed E-state index contributed by atoms with van der Waals surface area (Å²) in [5.41, 5.74) is 5.54. The highest BCUT2D eigenvalue weighted by Crippen LogP contribution is 2.39. The van der Waals surface area contributed by atoms with E-state index >= 15 is 0 Å². The van der Waals surface area contributed by atoms with E-state index < -0.39 is 0 Å². The normalized spacial score (nSPS) is 17.3. The Morgan fingerprint density at radius 2 is 1.75 bits per heavy atom. The Bertz CT molecular complexity index is 1030. The smallest absolute Gasteiger partial charge is 0.238 e. The minimum absolute atomic E-state index is 0.127. The number of hydrogen-bond acceptors (Lipinski definition) is 6. The van der Waals surface area contributed by atoms with Gasteiger partial charge in [0.1, 0.15) is 11.0 Å². The molecule has 7 nitrogen and oxygen atoms in total. The first-order valence-electron chi connectivity index (χ1n) is 11.0. The van der Waals surface area contributed by atoms with Gasteiger partial charge in [0.25, 0.3) is 0 Å². The molecule has 2 atom stereocenters. The molecule has 4 rings (SSSR count). The maximum atomic E-state index is 13.7. The van der Waals surface area contributed by atoms with Crippen LogP contribution in [0.5, 0.6) is 5.75 Å². The molecule has 1 N–H and O–H groups in total. The zero-order chi connectivity index (χ0) is 22.5. The number of carbonyl (C=O) groups excluding carboxylic acids is 1. The van der Waals surface area contributed by atoms with Crippen LogP contribution in [0.3, 0.4) is 0 Å². The summed E-state index contributed by atoms with van der Waals surface area (Å²) in [5, 5.41) is 9.16. The molecule has 0 aliphatic carbocycles. The van der Waals surface area contributed by atoms with Gasteiger partial charge in [-0.15, -0.1) is 10.2 Å². The van der Waals surface area contributed by atoms with Gasteiger partial charge < -0.3 is 15.1 Å². The van der Waals surface area contributed by atoms with Crippen LogP contribution in [0, 0.1) is 0 Å². The molecule has 0 spiro atoms. The molecule has 1 aromatic heterocycles. The molecule has 2 aromatic carbocycles. The van der Waals surface area contributed by atoms with Crippen molar-refractivity contribution >= 4 is 17.7 Å². The Hall–Kier alpha value is -3.00. The average molecular weight is 452 g/mol. The molecule has 0 unspecified atom stereocenters. The third kappa shape index (κ3) is 4.46. The number of hydrogen-bond donors (Lipinski definition) is 1. The summed E-state index contributed by atoms with van der Waals surface area (Å²) in [6, 6.07) is 17.6. The number of methoxy groups -OCH3 is 1. The number of nitrogens with one attached hydrogen (secondary N) is 1. The number of nitrogens with zero attached hydrogens (tertiary/aromatic N) is 4. The maximum Gasteiger partial charge on any atom is 0.238 e. The number of thioether (sulfide) groups is 1. The summed E-state index contributed by atoms with van der Waals surface area (Å²) in [5.74, 6) is 1.65. The topological polar surface area (TPSA) is 72.3 Å². The van der Waals surface area contributed by atoms with E-state index in [4.69, 9.17) is 4.74 Å². The quantitative estimate of drug-likeness (QED) is 0.549. The van der Waals surface area contributed by atoms with Gasteiger partial charge in [-0.1, -0.05) is 68.1 Å². The SMILES string of the molecule is CCCN(CCC)C(=O)[C@H]1Sc2nnc(-c3ccccc3)n2N[C@H]1c1ccc(OC)cc1. The number of rotatable bonds is 8. The van der Waals surface area contributed by atoms with Crippen molar-refractivity contribution in [3.05, 3.63) is 60.2 Å². The monoisotopic (exact) mass is 451 g/mol. The fraction of sp³-hybridized carbons (Fsp3) is 0.375. The van der Waals surface area contributed by atoms with Crippen LogP contribution >= 0.6 is 11.8 Å². The van der Waals surface area contributed by atoms with Gasteiger partial charge in [-0.25, -0.2) is 4.68 Å². The first-order valence-corrected chi connectivity index (χ1v) is 11.9. The van der Waals surface area contributed by atoms with Crippen LogP contribution in [0.15, 0.2) is 59.8 Å². The molecule has 0 saturated heterocycles. The van der Waals surface area contributed by atoms with Crippen molar-refractivity contribution in [1.82, 2.24) is 19.8 Å². The van der Waals surface area contributed by atoms with E-state index in [1.165, 1.54) is 11.8 Å². The van der Waals surface area contributed by atoms with E-state index in [9.17, 15) is 4.79 Å². The number of fused-ring (bicyclic) bond motifs is 1. The van der Waals surface area contributed by atoms with Crippen LogP contribution in [0.1, 0.15) is 38.3 Å². The Labute approximate surface area is 193 Å². The Kier molecular flexibility index (Phi) is 6.99. The van der Waals surface area contributed by atoms with Gasteiger partial charge in [-0.2, -0.15) is 0 Å². The van der Waals surface area contributed by atoms with Crippen LogP contribution in [0.4, 0.5) is 0 Å². The van der Waals surface area contributed by atoms with Crippen LogP contribution < -0.4 is 10.2 Å². The lowest BCUT2D eigenvalue weighted by Crippen LogP contribution is -2.46. The minimum Gasteiger partial charge on any atom is -0.497 e. The molecule has 1 aliphatic heterocycles. The largest absolute Gasteiger partial charge is 0.497 e. The number of amides is 1. The molecule has 8 heteroatoms. The second-order valence-corrected chi connectivity index (χ2v) is 8.86. The summed E-state index contributed by atoms with van der Waals surface area (Å²) in [6.45, 7) is 5.71. The van der Waals surface area contributed by atoms with E-state index in [-0.39, 0.29) is 17.2 Å². The fourth-order valence-corrected chi connectivity index (χ4v) is 5.09. The summed E-state index contributed by atoms with van der Waals surface area (Å²) < 4.78 is 7.23. The summed E-state index contributed by atoms with van der Waals surface area (Å²) in [4.78, 5) is 15.6. The molecule has 0 saturated carbocycles. The van der Waals surface area contributed by atoms with Crippen molar-refractivity contribution in [2.45, 2.75) is 43.1 Å². The lowest BCUT2D eigenvalue weighted by Gasteiger charge is -2.36. The summed E-state index contributed by atoms with van der Waals surface area (Å²) in [7, 11) is 1.65. The van der Waals surface area contributed by atoms with Crippen molar-refractivity contribution in [2.75, 3.05) is 25.6 Å². The molecule has 0 fully saturated rings. The molecule has 0 radical (unpaired) electrons. The Morgan fingerprint density at radius 3 is 2.38 bits per heavy atom. The van der Waals surface area contributed by atoms with Crippen LogP contribution in [0.25, 0.3) is 11.4 Å². The number of carbonyl (C=O) groups is 1. The first kappa shape index (κ1) is 22.2. The average Bonchev–Trinajstić information content (AvgIpc) is 3.26. The van der Waals surface area contributed by atoms with Crippen LogP contribution in [-0.2, 0) is 4.79 Å². The van der Waals surface area contributed by atoms with Gasteiger partial charge in [-0.3, -0.25) is 4.79 Å². The van der Waals surface area contributed by atoms with Crippen LogP contribution in [-0.4, -0.2) is 51.1 Å². The zero-order valence-electron chi connectivity index (χ0n) is 18.7.